The van der Waals surface area contributed by atoms with Gasteiger partial charge in [-0.3, -0.25) is 0 Å². The van der Waals surface area contributed by atoms with E-state index in [0.29, 0.717) is 6.61 Å². The van der Waals surface area contributed by atoms with Crippen molar-refractivity contribution in [2.45, 2.75) is 63.6 Å². The van der Waals surface area contributed by atoms with Crippen LogP contribution in [0.2, 0.25) is 0 Å². The van der Waals surface area contributed by atoms with Crippen molar-refractivity contribution in [1.29, 1.82) is 0 Å². The van der Waals surface area contributed by atoms with E-state index in [4.69, 9.17) is 15.2 Å². The molecule has 0 amide bonds. The molecule has 1 aliphatic carbocycles. The Hall–Kier alpha value is -1.22. The van der Waals surface area contributed by atoms with Gasteiger partial charge in [0.05, 0.1) is 17.4 Å². The molecule has 1 heterocycles. The largest absolute Gasteiger partial charge is 0.489 e. The van der Waals surface area contributed by atoms with Gasteiger partial charge in [0.2, 0.25) is 0 Å². The Balaban J connectivity index is 1.56. The molecule has 3 heteroatoms. The molecule has 1 saturated carbocycles. The summed E-state index contributed by atoms with van der Waals surface area (Å²) in [6, 6.07) is 5.93. The minimum absolute atomic E-state index is 0.171. The SMILES string of the molecule is Cc1cccc(OCC2CCC3(CCCCC3)O2)c1N. The molecule has 2 fully saturated rings. The molecule has 3 nitrogen and oxygen atoms in total. The minimum Gasteiger partial charge on any atom is -0.489 e. The summed E-state index contributed by atoms with van der Waals surface area (Å²) in [6.07, 6.45) is 9.01. The highest BCUT2D eigenvalue weighted by molar-refractivity contribution is 5.57. The van der Waals surface area contributed by atoms with Crippen LogP contribution in [0.4, 0.5) is 5.69 Å². The molecular formula is C17H25NO2. The van der Waals surface area contributed by atoms with Crippen LogP contribution in [0.1, 0.15) is 50.5 Å². The highest BCUT2D eigenvalue weighted by atomic mass is 16.6. The maximum Gasteiger partial charge on any atom is 0.142 e. The first-order valence-corrected chi connectivity index (χ1v) is 7.84. The Morgan fingerprint density at radius 1 is 1.25 bits per heavy atom. The number of para-hydroxylation sites is 1. The molecule has 3 rings (SSSR count). The van der Waals surface area contributed by atoms with Gasteiger partial charge in [-0.1, -0.05) is 31.4 Å². The summed E-state index contributed by atoms with van der Waals surface area (Å²) < 4.78 is 12.2. The fraction of sp³-hybridized carbons (Fsp3) is 0.647. The third-order valence-corrected chi connectivity index (χ3v) is 4.81. The van der Waals surface area contributed by atoms with Gasteiger partial charge in [0.15, 0.2) is 0 Å². The lowest BCUT2D eigenvalue weighted by atomic mass is 9.83. The third-order valence-electron chi connectivity index (χ3n) is 4.81. The van der Waals surface area contributed by atoms with Gasteiger partial charge in [-0.15, -0.1) is 0 Å². The van der Waals surface area contributed by atoms with E-state index in [2.05, 4.69) is 0 Å². The van der Waals surface area contributed by atoms with Crippen molar-refractivity contribution in [3.63, 3.8) is 0 Å². The maximum absolute atomic E-state index is 6.32. The number of rotatable bonds is 3. The molecule has 1 unspecified atom stereocenters. The van der Waals surface area contributed by atoms with Gasteiger partial charge in [0.1, 0.15) is 12.4 Å². The maximum atomic E-state index is 6.32. The van der Waals surface area contributed by atoms with Gasteiger partial charge in [-0.05, 0) is 44.2 Å². The lowest BCUT2D eigenvalue weighted by Gasteiger charge is -2.33. The van der Waals surface area contributed by atoms with Crippen LogP contribution in [0.25, 0.3) is 0 Å². The topological polar surface area (TPSA) is 44.5 Å². The predicted octanol–water partition coefficient (Wildman–Crippen LogP) is 3.84. The Morgan fingerprint density at radius 3 is 2.85 bits per heavy atom. The van der Waals surface area contributed by atoms with Gasteiger partial charge in [0, 0.05) is 0 Å². The lowest BCUT2D eigenvalue weighted by Crippen LogP contribution is -2.32. The molecule has 2 aliphatic rings. The normalized spacial score (nSPS) is 24.9. The minimum atomic E-state index is 0.171. The van der Waals surface area contributed by atoms with Gasteiger partial charge < -0.3 is 15.2 Å². The van der Waals surface area contributed by atoms with Crippen molar-refractivity contribution < 1.29 is 9.47 Å². The van der Waals surface area contributed by atoms with E-state index in [1.165, 1.54) is 38.5 Å². The number of ether oxygens (including phenoxy) is 2. The fourth-order valence-corrected chi connectivity index (χ4v) is 3.54. The van der Waals surface area contributed by atoms with Crippen molar-refractivity contribution in [3.8, 4) is 5.75 Å². The first-order valence-electron chi connectivity index (χ1n) is 7.84. The molecule has 1 saturated heterocycles. The van der Waals surface area contributed by atoms with E-state index >= 15 is 0 Å². The van der Waals surface area contributed by atoms with Crippen molar-refractivity contribution in [2.75, 3.05) is 12.3 Å². The standard InChI is InChI=1S/C17H25NO2/c1-13-6-5-7-15(16(13)18)19-12-14-8-11-17(20-14)9-3-2-4-10-17/h5-7,14H,2-4,8-12,18H2,1H3. The number of anilines is 1. The second-order valence-electron chi connectivity index (χ2n) is 6.32. The van der Waals surface area contributed by atoms with Crippen molar-refractivity contribution in [1.82, 2.24) is 0 Å². The van der Waals surface area contributed by atoms with Crippen LogP contribution in [0.15, 0.2) is 18.2 Å². The van der Waals surface area contributed by atoms with Crippen molar-refractivity contribution in [3.05, 3.63) is 23.8 Å². The zero-order valence-electron chi connectivity index (χ0n) is 12.4. The smallest absolute Gasteiger partial charge is 0.142 e. The first kappa shape index (κ1) is 13.7. The van der Waals surface area contributed by atoms with Gasteiger partial charge in [-0.25, -0.2) is 0 Å². The Labute approximate surface area is 121 Å². The van der Waals surface area contributed by atoms with E-state index in [1.807, 2.05) is 25.1 Å². The summed E-state index contributed by atoms with van der Waals surface area (Å²) in [6.45, 7) is 2.63. The van der Waals surface area contributed by atoms with E-state index in [0.717, 1.165) is 23.4 Å². The quantitative estimate of drug-likeness (QED) is 0.852. The van der Waals surface area contributed by atoms with Crippen LogP contribution >= 0.6 is 0 Å². The molecule has 20 heavy (non-hydrogen) atoms. The molecular weight excluding hydrogens is 250 g/mol. The molecule has 1 aromatic rings. The molecule has 0 radical (unpaired) electrons. The van der Waals surface area contributed by atoms with E-state index in [-0.39, 0.29) is 11.7 Å². The highest BCUT2D eigenvalue weighted by Gasteiger charge is 2.40. The zero-order chi connectivity index (χ0) is 14.0. The number of nitrogen functional groups attached to an aromatic ring is 1. The zero-order valence-corrected chi connectivity index (χ0v) is 12.4. The average Bonchev–Trinajstić information content (AvgIpc) is 2.84. The average molecular weight is 275 g/mol. The van der Waals surface area contributed by atoms with Crippen LogP contribution in [0, 0.1) is 6.92 Å². The third kappa shape index (κ3) is 2.78. The second kappa shape index (κ2) is 5.65. The van der Waals surface area contributed by atoms with Gasteiger partial charge in [0.25, 0.3) is 0 Å². The van der Waals surface area contributed by atoms with Crippen LogP contribution in [-0.2, 0) is 4.74 Å². The lowest BCUT2D eigenvalue weighted by molar-refractivity contribution is -0.0748. The summed E-state index contributed by atoms with van der Waals surface area (Å²) in [5.41, 5.74) is 8.03. The van der Waals surface area contributed by atoms with Gasteiger partial charge in [-0.2, -0.15) is 0 Å². The van der Waals surface area contributed by atoms with Crippen molar-refractivity contribution >= 4 is 5.69 Å². The number of hydrogen-bond acceptors (Lipinski definition) is 3. The number of benzene rings is 1. The molecule has 1 spiro atoms. The molecule has 0 aromatic heterocycles. The van der Waals surface area contributed by atoms with Crippen LogP contribution in [0.5, 0.6) is 5.75 Å². The monoisotopic (exact) mass is 275 g/mol. The van der Waals surface area contributed by atoms with E-state index in [1.54, 1.807) is 0 Å². The number of aryl methyl sites for hydroxylation is 1. The number of nitrogens with two attached hydrogens (primary N) is 1. The van der Waals surface area contributed by atoms with Crippen LogP contribution in [-0.4, -0.2) is 18.3 Å². The summed E-state index contributed by atoms with van der Waals surface area (Å²) in [7, 11) is 0. The van der Waals surface area contributed by atoms with Gasteiger partial charge >= 0.3 is 0 Å². The van der Waals surface area contributed by atoms with Crippen LogP contribution < -0.4 is 10.5 Å². The second-order valence-corrected chi connectivity index (χ2v) is 6.32. The summed E-state index contributed by atoms with van der Waals surface area (Å²) in [5.74, 6) is 0.790. The Kier molecular flexibility index (Phi) is 3.88. The first-order chi connectivity index (χ1) is 9.69. The van der Waals surface area contributed by atoms with E-state index < -0.39 is 0 Å². The molecule has 1 aromatic carbocycles. The van der Waals surface area contributed by atoms with Crippen LogP contribution in [0.3, 0.4) is 0 Å². The van der Waals surface area contributed by atoms with E-state index in [9.17, 15) is 0 Å². The molecule has 2 N–H and O–H groups in total. The van der Waals surface area contributed by atoms with Crippen molar-refractivity contribution in [2.24, 2.45) is 0 Å². The molecule has 1 atom stereocenters. The predicted molar refractivity (Wildman–Crippen MR) is 81.0 cm³/mol. The number of hydrogen-bond donors (Lipinski definition) is 1. The molecule has 1 aliphatic heterocycles. The fourth-order valence-electron chi connectivity index (χ4n) is 3.54. The summed E-state index contributed by atoms with van der Waals surface area (Å²) in [4.78, 5) is 0. The summed E-state index contributed by atoms with van der Waals surface area (Å²) >= 11 is 0. The Morgan fingerprint density at radius 2 is 2.05 bits per heavy atom. The molecule has 110 valence electrons. The summed E-state index contributed by atoms with van der Waals surface area (Å²) in [5, 5.41) is 0. The Bertz CT molecular complexity index is 466. The molecule has 0 bridgehead atoms. The highest BCUT2D eigenvalue weighted by Crippen LogP contribution is 2.42.